The molecule has 3 heteroatoms. The third-order valence-electron chi connectivity index (χ3n) is 4.36. The van der Waals surface area contributed by atoms with Crippen LogP contribution < -0.4 is 0 Å². The summed E-state index contributed by atoms with van der Waals surface area (Å²) in [6.45, 7) is 1.53. The standard InChI is InChI=1S/C18H26BrNO/c19-12-13-20(15-17-10-6-3-7-11-17)18(21)14-16-8-4-1-2-5-9-16/h3,6-7,10-11,16H,1-2,4-5,8-9,12-15H2. The highest BCUT2D eigenvalue weighted by Gasteiger charge is 2.20. The van der Waals surface area contributed by atoms with Crippen LogP contribution in [0.4, 0.5) is 0 Å². The monoisotopic (exact) mass is 351 g/mol. The molecule has 0 radical (unpaired) electrons. The van der Waals surface area contributed by atoms with Gasteiger partial charge in [-0.25, -0.2) is 0 Å². The Morgan fingerprint density at radius 3 is 2.38 bits per heavy atom. The minimum Gasteiger partial charge on any atom is -0.338 e. The molecule has 0 aromatic heterocycles. The van der Waals surface area contributed by atoms with Crippen molar-refractivity contribution in [2.75, 3.05) is 11.9 Å². The number of nitrogens with zero attached hydrogens (tertiary/aromatic N) is 1. The highest BCUT2D eigenvalue weighted by atomic mass is 79.9. The van der Waals surface area contributed by atoms with Gasteiger partial charge in [-0.05, 0) is 24.3 Å². The molecule has 0 N–H and O–H groups in total. The van der Waals surface area contributed by atoms with Crippen LogP contribution >= 0.6 is 15.9 Å². The number of rotatable bonds is 6. The van der Waals surface area contributed by atoms with Crippen molar-refractivity contribution >= 4 is 21.8 Å². The van der Waals surface area contributed by atoms with E-state index in [1.165, 1.54) is 44.1 Å². The Balaban J connectivity index is 1.91. The Hall–Kier alpha value is -0.830. The molecule has 2 nitrogen and oxygen atoms in total. The van der Waals surface area contributed by atoms with E-state index in [-0.39, 0.29) is 0 Å². The van der Waals surface area contributed by atoms with E-state index < -0.39 is 0 Å². The fourth-order valence-electron chi connectivity index (χ4n) is 3.14. The molecular weight excluding hydrogens is 326 g/mol. The van der Waals surface area contributed by atoms with Crippen LogP contribution in [0.3, 0.4) is 0 Å². The topological polar surface area (TPSA) is 20.3 Å². The number of benzene rings is 1. The van der Waals surface area contributed by atoms with Gasteiger partial charge in [-0.1, -0.05) is 71.9 Å². The quantitative estimate of drug-likeness (QED) is 0.533. The van der Waals surface area contributed by atoms with Gasteiger partial charge in [0, 0.05) is 24.8 Å². The van der Waals surface area contributed by atoms with Crippen molar-refractivity contribution in [3.8, 4) is 0 Å². The van der Waals surface area contributed by atoms with Crippen molar-refractivity contribution in [2.24, 2.45) is 5.92 Å². The lowest BCUT2D eigenvalue weighted by molar-refractivity contribution is -0.132. The van der Waals surface area contributed by atoms with E-state index >= 15 is 0 Å². The predicted molar refractivity (Wildman–Crippen MR) is 91.5 cm³/mol. The van der Waals surface area contributed by atoms with Gasteiger partial charge >= 0.3 is 0 Å². The zero-order valence-electron chi connectivity index (χ0n) is 12.8. The zero-order chi connectivity index (χ0) is 14.9. The van der Waals surface area contributed by atoms with Gasteiger partial charge in [0.1, 0.15) is 0 Å². The van der Waals surface area contributed by atoms with Crippen molar-refractivity contribution in [3.05, 3.63) is 35.9 Å². The van der Waals surface area contributed by atoms with Crippen LogP contribution in [0.25, 0.3) is 0 Å². The van der Waals surface area contributed by atoms with Gasteiger partial charge in [-0.2, -0.15) is 0 Å². The van der Waals surface area contributed by atoms with Crippen molar-refractivity contribution < 1.29 is 4.79 Å². The number of alkyl halides is 1. The molecule has 0 spiro atoms. The number of amides is 1. The van der Waals surface area contributed by atoms with E-state index in [1.807, 2.05) is 23.1 Å². The first kappa shape index (κ1) is 16.5. The number of carbonyl (C=O) groups excluding carboxylic acids is 1. The second kappa shape index (κ2) is 9.24. The molecule has 0 saturated heterocycles. The summed E-state index contributed by atoms with van der Waals surface area (Å²) in [7, 11) is 0. The molecular formula is C18H26BrNO. The summed E-state index contributed by atoms with van der Waals surface area (Å²) in [6, 6.07) is 10.3. The summed E-state index contributed by atoms with van der Waals surface area (Å²) in [4.78, 5) is 14.6. The van der Waals surface area contributed by atoms with E-state index in [4.69, 9.17) is 0 Å². The fourth-order valence-corrected chi connectivity index (χ4v) is 3.57. The van der Waals surface area contributed by atoms with Gasteiger partial charge in [-0.3, -0.25) is 4.79 Å². The van der Waals surface area contributed by atoms with E-state index in [9.17, 15) is 4.79 Å². The van der Waals surface area contributed by atoms with Crippen LogP contribution in [0.2, 0.25) is 0 Å². The normalized spacial score (nSPS) is 16.4. The van der Waals surface area contributed by atoms with Crippen molar-refractivity contribution in [1.29, 1.82) is 0 Å². The molecule has 0 atom stereocenters. The molecule has 1 aromatic rings. The lowest BCUT2D eigenvalue weighted by Crippen LogP contribution is -2.33. The number of hydrogen-bond acceptors (Lipinski definition) is 1. The van der Waals surface area contributed by atoms with E-state index in [1.54, 1.807) is 0 Å². The lowest BCUT2D eigenvalue weighted by atomic mass is 9.96. The van der Waals surface area contributed by atoms with Crippen LogP contribution in [-0.4, -0.2) is 22.7 Å². The summed E-state index contributed by atoms with van der Waals surface area (Å²) in [6.07, 6.45) is 8.50. The fraction of sp³-hybridized carbons (Fsp3) is 0.611. The Morgan fingerprint density at radius 1 is 1.10 bits per heavy atom. The van der Waals surface area contributed by atoms with Crippen LogP contribution in [0.1, 0.15) is 50.5 Å². The van der Waals surface area contributed by atoms with Crippen molar-refractivity contribution in [1.82, 2.24) is 4.90 Å². The molecule has 1 amide bonds. The Labute approximate surface area is 137 Å². The number of carbonyl (C=O) groups is 1. The maximum Gasteiger partial charge on any atom is 0.223 e. The lowest BCUT2D eigenvalue weighted by Gasteiger charge is -2.24. The molecule has 1 fully saturated rings. The summed E-state index contributed by atoms with van der Waals surface area (Å²) in [5.74, 6) is 0.929. The molecule has 116 valence electrons. The minimum absolute atomic E-state index is 0.324. The minimum atomic E-state index is 0.324. The third-order valence-corrected chi connectivity index (χ3v) is 4.72. The Bertz CT molecular complexity index is 412. The maximum atomic E-state index is 12.6. The highest BCUT2D eigenvalue weighted by Crippen LogP contribution is 2.26. The SMILES string of the molecule is O=C(CC1CCCCCC1)N(CCBr)Cc1ccccc1. The molecule has 21 heavy (non-hydrogen) atoms. The average molecular weight is 352 g/mol. The largest absolute Gasteiger partial charge is 0.338 e. The van der Waals surface area contributed by atoms with Gasteiger partial charge in [0.2, 0.25) is 5.91 Å². The first-order valence-electron chi connectivity index (χ1n) is 8.17. The van der Waals surface area contributed by atoms with Gasteiger partial charge < -0.3 is 4.90 Å². The van der Waals surface area contributed by atoms with Gasteiger partial charge in [0.15, 0.2) is 0 Å². The van der Waals surface area contributed by atoms with E-state index in [2.05, 4.69) is 28.1 Å². The molecule has 1 aliphatic carbocycles. The third kappa shape index (κ3) is 5.82. The molecule has 1 saturated carbocycles. The van der Waals surface area contributed by atoms with Crippen molar-refractivity contribution in [2.45, 2.75) is 51.5 Å². The molecule has 2 rings (SSSR count). The summed E-state index contributed by atoms with van der Waals surface area (Å²) < 4.78 is 0. The van der Waals surface area contributed by atoms with Crippen LogP contribution in [0.15, 0.2) is 30.3 Å². The van der Waals surface area contributed by atoms with Gasteiger partial charge in [0.25, 0.3) is 0 Å². The molecule has 0 aliphatic heterocycles. The molecule has 0 bridgehead atoms. The second-order valence-electron chi connectivity index (χ2n) is 6.05. The van der Waals surface area contributed by atoms with Crippen LogP contribution in [0.5, 0.6) is 0 Å². The first-order valence-corrected chi connectivity index (χ1v) is 9.29. The number of halogens is 1. The summed E-state index contributed by atoms with van der Waals surface area (Å²) in [5, 5.41) is 0.843. The Kier molecular flexibility index (Phi) is 7.28. The van der Waals surface area contributed by atoms with Crippen LogP contribution in [-0.2, 0) is 11.3 Å². The highest BCUT2D eigenvalue weighted by molar-refractivity contribution is 9.09. The smallest absolute Gasteiger partial charge is 0.223 e. The van der Waals surface area contributed by atoms with Gasteiger partial charge in [-0.15, -0.1) is 0 Å². The maximum absolute atomic E-state index is 12.6. The first-order chi connectivity index (χ1) is 10.3. The molecule has 0 heterocycles. The second-order valence-corrected chi connectivity index (χ2v) is 6.84. The molecule has 1 aromatic carbocycles. The number of hydrogen-bond donors (Lipinski definition) is 0. The van der Waals surface area contributed by atoms with Crippen molar-refractivity contribution in [3.63, 3.8) is 0 Å². The average Bonchev–Trinajstić information content (AvgIpc) is 2.76. The molecule has 0 unspecified atom stereocenters. The van der Waals surface area contributed by atoms with E-state index in [0.717, 1.165) is 24.8 Å². The predicted octanol–water partition coefficient (Wildman–Crippen LogP) is 4.77. The van der Waals surface area contributed by atoms with E-state index in [0.29, 0.717) is 11.8 Å². The summed E-state index contributed by atoms with van der Waals surface area (Å²) in [5.41, 5.74) is 1.22. The zero-order valence-corrected chi connectivity index (χ0v) is 14.4. The van der Waals surface area contributed by atoms with Crippen LogP contribution in [0, 0.1) is 5.92 Å². The Morgan fingerprint density at radius 2 is 1.76 bits per heavy atom. The van der Waals surface area contributed by atoms with Gasteiger partial charge in [0.05, 0.1) is 0 Å². The molecule has 1 aliphatic rings. The summed E-state index contributed by atoms with van der Waals surface area (Å²) >= 11 is 3.48.